The number of alkyl halides is 3. The molecule has 2 N–H and O–H groups in total. The van der Waals surface area contributed by atoms with Gasteiger partial charge in [0.25, 0.3) is 5.56 Å². The number of rotatable bonds is 3. The average molecular weight is 300 g/mol. The molecular formula is C13H15F3N4O. The first-order chi connectivity index (χ1) is 9.70. The Morgan fingerprint density at radius 2 is 2.00 bits per heavy atom. The fourth-order valence-corrected chi connectivity index (χ4v) is 1.96. The van der Waals surface area contributed by atoms with Crippen molar-refractivity contribution in [2.75, 3.05) is 26.4 Å². The van der Waals surface area contributed by atoms with Crippen molar-refractivity contribution in [3.8, 4) is 0 Å². The maximum Gasteiger partial charge on any atom is 0.449 e. The fraction of sp³-hybridized carbons (Fsp3) is 0.385. The van der Waals surface area contributed by atoms with Crippen molar-refractivity contribution in [2.24, 2.45) is 0 Å². The third kappa shape index (κ3) is 3.15. The Labute approximate surface area is 118 Å². The van der Waals surface area contributed by atoms with E-state index < -0.39 is 17.6 Å². The third-order valence-electron chi connectivity index (χ3n) is 3.00. The van der Waals surface area contributed by atoms with Crippen LogP contribution < -0.4 is 11.3 Å². The predicted octanol–water partition coefficient (Wildman–Crippen LogP) is 1.56. The van der Waals surface area contributed by atoms with Gasteiger partial charge in [-0.2, -0.15) is 13.2 Å². The van der Waals surface area contributed by atoms with Crippen LogP contribution in [0.3, 0.4) is 0 Å². The van der Waals surface area contributed by atoms with Crippen LogP contribution in [0.4, 0.5) is 18.9 Å². The number of halogens is 3. The van der Waals surface area contributed by atoms with E-state index in [1.807, 2.05) is 0 Å². The molecule has 0 amide bonds. The van der Waals surface area contributed by atoms with Crippen molar-refractivity contribution in [1.29, 1.82) is 0 Å². The number of nitrogen functional groups attached to an aromatic ring is 1. The molecule has 1 aromatic carbocycles. The SMILES string of the molecule is CN(C)CCn1c(C(F)(F)F)nc2ccc(N)cc2c1=O. The van der Waals surface area contributed by atoms with Crippen molar-refractivity contribution < 1.29 is 13.2 Å². The van der Waals surface area contributed by atoms with E-state index in [2.05, 4.69) is 4.98 Å². The van der Waals surface area contributed by atoms with Gasteiger partial charge >= 0.3 is 6.18 Å². The Morgan fingerprint density at radius 3 is 2.57 bits per heavy atom. The molecule has 0 spiro atoms. The van der Waals surface area contributed by atoms with Gasteiger partial charge in [-0.1, -0.05) is 0 Å². The number of hydrogen-bond acceptors (Lipinski definition) is 4. The number of likely N-dealkylation sites (N-methyl/N-ethyl adjacent to an activating group) is 1. The first-order valence-corrected chi connectivity index (χ1v) is 6.22. The number of benzene rings is 1. The van der Waals surface area contributed by atoms with E-state index in [0.29, 0.717) is 16.8 Å². The van der Waals surface area contributed by atoms with Crippen LogP contribution >= 0.6 is 0 Å². The summed E-state index contributed by atoms with van der Waals surface area (Å²) in [5.41, 5.74) is 5.14. The van der Waals surface area contributed by atoms with E-state index in [1.165, 1.54) is 18.2 Å². The molecule has 0 aliphatic carbocycles. The highest BCUT2D eigenvalue weighted by atomic mass is 19.4. The Hall–Kier alpha value is -2.09. The van der Waals surface area contributed by atoms with Crippen LogP contribution in [-0.2, 0) is 12.7 Å². The number of anilines is 1. The minimum atomic E-state index is -4.69. The number of nitrogens with two attached hydrogens (primary N) is 1. The first kappa shape index (κ1) is 15.3. The van der Waals surface area contributed by atoms with E-state index in [0.717, 1.165) is 0 Å². The minimum absolute atomic E-state index is 0.0115. The van der Waals surface area contributed by atoms with Crippen LogP contribution in [0.1, 0.15) is 5.82 Å². The lowest BCUT2D eigenvalue weighted by Crippen LogP contribution is -2.33. The zero-order chi connectivity index (χ0) is 15.8. The van der Waals surface area contributed by atoms with E-state index in [-0.39, 0.29) is 17.4 Å². The van der Waals surface area contributed by atoms with E-state index in [9.17, 15) is 18.0 Å². The highest BCUT2D eigenvalue weighted by molar-refractivity contribution is 5.81. The molecule has 0 aliphatic rings. The zero-order valence-corrected chi connectivity index (χ0v) is 11.6. The molecule has 21 heavy (non-hydrogen) atoms. The Balaban J connectivity index is 2.71. The summed E-state index contributed by atoms with van der Waals surface area (Å²) in [6.07, 6.45) is -4.69. The molecular weight excluding hydrogens is 285 g/mol. The van der Waals surface area contributed by atoms with Gasteiger partial charge in [-0.15, -0.1) is 0 Å². The van der Waals surface area contributed by atoms with Crippen LogP contribution in [0.25, 0.3) is 10.9 Å². The summed E-state index contributed by atoms with van der Waals surface area (Å²) in [6, 6.07) is 4.08. The van der Waals surface area contributed by atoms with Gasteiger partial charge in [0.15, 0.2) is 0 Å². The van der Waals surface area contributed by atoms with Crippen LogP contribution in [0, 0.1) is 0 Å². The smallest absolute Gasteiger partial charge is 0.399 e. The second kappa shape index (κ2) is 5.36. The maximum atomic E-state index is 13.1. The topological polar surface area (TPSA) is 64.2 Å². The predicted molar refractivity (Wildman–Crippen MR) is 74.0 cm³/mol. The van der Waals surface area contributed by atoms with Gasteiger partial charge in [-0.3, -0.25) is 9.36 Å². The molecule has 0 radical (unpaired) electrons. The highest BCUT2D eigenvalue weighted by Crippen LogP contribution is 2.28. The number of nitrogens with zero attached hydrogens (tertiary/aromatic N) is 3. The molecule has 2 rings (SSSR count). The lowest BCUT2D eigenvalue weighted by molar-refractivity contribution is -0.148. The summed E-state index contributed by atoms with van der Waals surface area (Å²) in [4.78, 5) is 17.6. The highest BCUT2D eigenvalue weighted by Gasteiger charge is 2.37. The van der Waals surface area contributed by atoms with Crippen molar-refractivity contribution in [1.82, 2.24) is 14.5 Å². The Bertz CT molecular complexity index is 722. The third-order valence-corrected chi connectivity index (χ3v) is 3.00. The molecule has 0 aliphatic heterocycles. The molecule has 0 atom stereocenters. The van der Waals surface area contributed by atoms with Gasteiger partial charge in [0.05, 0.1) is 10.9 Å². The maximum absolute atomic E-state index is 13.1. The summed E-state index contributed by atoms with van der Waals surface area (Å²) in [6.45, 7) is 0.191. The summed E-state index contributed by atoms with van der Waals surface area (Å²) in [5.74, 6) is -1.19. The summed E-state index contributed by atoms with van der Waals surface area (Å²) in [7, 11) is 3.43. The number of aromatic nitrogens is 2. The fourth-order valence-electron chi connectivity index (χ4n) is 1.96. The molecule has 2 aromatic rings. The van der Waals surface area contributed by atoms with E-state index >= 15 is 0 Å². The van der Waals surface area contributed by atoms with E-state index in [1.54, 1.807) is 19.0 Å². The van der Waals surface area contributed by atoms with Gasteiger partial charge < -0.3 is 10.6 Å². The van der Waals surface area contributed by atoms with Crippen molar-refractivity contribution in [3.05, 3.63) is 34.4 Å². The Morgan fingerprint density at radius 1 is 1.33 bits per heavy atom. The molecule has 114 valence electrons. The Kier molecular flexibility index (Phi) is 3.91. The van der Waals surface area contributed by atoms with Crippen molar-refractivity contribution in [3.63, 3.8) is 0 Å². The monoisotopic (exact) mass is 300 g/mol. The largest absolute Gasteiger partial charge is 0.449 e. The zero-order valence-electron chi connectivity index (χ0n) is 11.6. The van der Waals surface area contributed by atoms with Gasteiger partial charge in [0.2, 0.25) is 5.82 Å². The van der Waals surface area contributed by atoms with Gasteiger partial charge in [0.1, 0.15) is 0 Å². The van der Waals surface area contributed by atoms with Crippen LogP contribution in [0.2, 0.25) is 0 Å². The molecule has 0 fully saturated rings. The summed E-state index contributed by atoms with van der Waals surface area (Å²) < 4.78 is 40.0. The van der Waals surface area contributed by atoms with Crippen LogP contribution in [0.5, 0.6) is 0 Å². The lowest BCUT2D eigenvalue weighted by atomic mass is 10.2. The molecule has 0 saturated carbocycles. The second-order valence-corrected chi connectivity index (χ2v) is 4.97. The molecule has 0 unspecified atom stereocenters. The quantitative estimate of drug-likeness (QED) is 0.874. The molecule has 0 bridgehead atoms. The standard InChI is InChI=1S/C13H15F3N4O/c1-19(2)5-6-20-11(21)9-7-8(17)3-4-10(9)18-12(20)13(14,15)16/h3-4,7H,5-6,17H2,1-2H3. The molecule has 0 saturated heterocycles. The van der Waals surface area contributed by atoms with Crippen LogP contribution in [-0.4, -0.2) is 35.1 Å². The lowest BCUT2D eigenvalue weighted by Gasteiger charge is -2.17. The second-order valence-electron chi connectivity index (χ2n) is 4.97. The number of hydrogen-bond donors (Lipinski definition) is 1. The summed E-state index contributed by atoms with van der Waals surface area (Å²) >= 11 is 0. The molecule has 1 heterocycles. The van der Waals surface area contributed by atoms with Crippen LogP contribution in [0.15, 0.2) is 23.0 Å². The average Bonchev–Trinajstić information content (AvgIpc) is 2.36. The van der Waals surface area contributed by atoms with Crippen molar-refractivity contribution >= 4 is 16.6 Å². The van der Waals surface area contributed by atoms with Gasteiger partial charge in [-0.25, -0.2) is 4.98 Å². The number of fused-ring (bicyclic) bond motifs is 1. The normalized spacial score (nSPS) is 12.3. The van der Waals surface area contributed by atoms with E-state index in [4.69, 9.17) is 5.73 Å². The minimum Gasteiger partial charge on any atom is -0.399 e. The van der Waals surface area contributed by atoms with Gasteiger partial charge in [0, 0.05) is 18.8 Å². The first-order valence-electron chi connectivity index (χ1n) is 6.22. The van der Waals surface area contributed by atoms with Crippen molar-refractivity contribution in [2.45, 2.75) is 12.7 Å². The summed E-state index contributed by atoms with van der Waals surface area (Å²) in [5, 5.41) is 0.0850. The van der Waals surface area contributed by atoms with Gasteiger partial charge in [-0.05, 0) is 32.3 Å². The molecule has 1 aromatic heterocycles. The molecule has 8 heteroatoms. The molecule has 5 nitrogen and oxygen atoms in total.